The van der Waals surface area contributed by atoms with Crippen LogP contribution in [0.15, 0.2) is 0 Å². The summed E-state index contributed by atoms with van der Waals surface area (Å²) in [6.45, 7) is 7.30. The second-order valence-corrected chi connectivity index (χ2v) is 8.72. The van der Waals surface area contributed by atoms with Gasteiger partial charge < -0.3 is 10.2 Å². The fraction of sp³-hybridized carbons (Fsp3) is 1.00. The summed E-state index contributed by atoms with van der Waals surface area (Å²) in [6, 6.07) is 0. The predicted molar refractivity (Wildman–Crippen MR) is 79.2 cm³/mol. The van der Waals surface area contributed by atoms with Crippen LogP contribution in [0.1, 0.15) is 39.0 Å². The molecule has 4 nitrogen and oxygen atoms in total. The van der Waals surface area contributed by atoms with E-state index in [9.17, 15) is 8.42 Å². The smallest absolute Gasteiger partial charge is 0.150 e. The van der Waals surface area contributed by atoms with Gasteiger partial charge in [0.1, 0.15) is 9.84 Å². The van der Waals surface area contributed by atoms with Crippen molar-refractivity contribution in [1.82, 2.24) is 10.2 Å². The summed E-state index contributed by atoms with van der Waals surface area (Å²) in [4.78, 5) is 2.49. The van der Waals surface area contributed by atoms with Crippen LogP contribution in [0.5, 0.6) is 0 Å². The molecule has 0 saturated carbocycles. The van der Waals surface area contributed by atoms with Gasteiger partial charge in [-0.1, -0.05) is 6.92 Å². The van der Waals surface area contributed by atoms with Crippen LogP contribution < -0.4 is 5.32 Å². The van der Waals surface area contributed by atoms with E-state index in [4.69, 9.17) is 0 Å². The highest BCUT2D eigenvalue weighted by atomic mass is 32.2. The van der Waals surface area contributed by atoms with Crippen molar-refractivity contribution in [1.29, 1.82) is 0 Å². The number of hydrogen-bond acceptors (Lipinski definition) is 4. The minimum absolute atomic E-state index is 0.279. The lowest BCUT2D eigenvalue weighted by Crippen LogP contribution is -2.51. The van der Waals surface area contributed by atoms with Gasteiger partial charge in [0.15, 0.2) is 0 Å². The first kappa shape index (κ1) is 15.3. The van der Waals surface area contributed by atoms with Crippen molar-refractivity contribution in [2.45, 2.75) is 39.0 Å². The van der Waals surface area contributed by atoms with E-state index in [-0.39, 0.29) is 5.75 Å². The number of nitrogens with zero attached hydrogens (tertiary/aromatic N) is 1. The lowest BCUT2D eigenvalue weighted by atomic mass is 9.74. The van der Waals surface area contributed by atoms with Crippen molar-refractivity contribution < 1.29 is 8.42 Å². The molecule has 0 bridgehead atoms. The Morgan fingerprint density at radius 2 is 2.05 bits per heavy atom. The number of sulfone groups is 1. The van der Waals surface area contributed by atoms with E-state index in [0.717, 1.165) is 39.1 Å². The Morgan fingerprint density at radius 1 is 1.26 bits per heavy atom. The zero-order valence-corrected chi connectivity index (χ0v) is 13.0. The van der Waals surface area contributed by atoms with Gasteiger partial charge in [-0.15, -0.1) is 0 Å². The van der Waals surface area contributed by atoms with Gasteiger partial charge in [0.25, 0.3) is 0 Å². The third-order valence-corrected chi connectivity index (χ3v) is 6.46. The maximum Gasteiger partial charge on any atom is 0.150 e. The zero-order valence-electron chi connectivity index (χ0n) is 12.2. The van der Waals surface area contributed by atoms with Crippen molar-refractivity contribution in [2.75, 3.05) is 44.2 Å². The van der Waals surface area contributed by atoms with Gasteiger partial charge in [-0.2, -0.15) is 0 Å². The summed E-state index contributed by atoms with van der Waals surface area (Å²) >= 11 is 0. The van der Waals surface area contributed by atoms with E-state index < -0.39 is 9.84 Å². The van der Waals surface area contributed by atoms with Gasteiger partial charge in [-0.3, -0.25) is 0 Å². The molecule has 1 spiro atoms. The average molecular weight is 288 g/mol. The third kappa shape index (κ3) is 4.43. The molecule has 1 N–H and O–H groups in total. The molecule has 0 aromatic carbocycles. The van der Waals surface area contributed by atoms with Crippen LogP contribution in [0.4, 0.5) is 0 Å². The molecule has 0 aliphatic carbocycles. The lowest BCUT2D eigenvalue weighted by molar-refractivity contribution is 0.0649. The molecule has 19 heavy (non-hydrogen) atoms. The Labute approximate surface area is 117 Å². The topological polar surface area (TPSA) is 49.4 Å². The zero-order chi connectivity index (χ0) is 13.8. The van der Waals surface area contributed by atoms with E-state index in [0.29, 0.717) is 11.2 Å². The highest BCUT2D eigenvalue weighted by Crippen LogP contribution is 2.35. The van der Waals surface area contributed by atoms with E-state index >= 15 is 0 Å². The van der Waals surface area contributed by atoms with Gasteiger partial charge in [0.05, 0.1) is 5.75 Å². The molecule has 0 radical (unpaired) electrons. The molecule has 0 aromatic heterocycles. The van der Waals surface area contributed by atoms with Gasteiger partial charge >= 0.3 is 0 Å². The fourth-order valence-corrected chi connectivity index (χ4v) is 4.39. The molecule has 0 aromatic rings. The quantitative estimate of drug-likeness (QED) is 0.828. The van der Waals surface area contributed by atoms with Gasteiger partial charge in [0.2, 0.25) is 0 Å². The van der Waals surface area contributed by atoms with Crippen LogP contribution in [-0.2, 0) is 9.84 Å². The average Bonchev–Trinajstić information content (AvgIpc) is 2.40. The molecule has 2 saturated heterocycles. The fourth-order valence-electron chi connectivity index (χ4n) is 3.53. The highest BCUT2D eigenvalue weighted by molar-refractivity contribution is 7.91. The predicted octanol–water partition coefficient (Wildman–Crippen LogP) is 1.28. The van der Waals surface area contributed by atoms with E-state index in [1.807, 2.05) is 0 Å². The first-order valence-corrected chi connectivity index (χ1v) is 9.51. The minimum Gasteiger partial charge on any atom is -0.316 e. The normalized spacial score (nSPS) is 29.7. The molecule has 2 aliphatic rings. The monoisotopic (exact) mass is 288 g/mol. The Hall–Kier alpha value is -0.130. The van der Waals surface area contributed by atoms with Crippen molar-refractivity contribution >= 4 is 9.84 Å². The molecule has 2 fully saturated rings. The maximum atomic E-state index is 11.5. The maximum absolute atomic E-state index is 11.5. The second kappa shape index (κ2) is 6.55. The lowest BCUT2D eigenvalue weighted by Gasteiger charge is -2.45. The Kier molecular flexibility index (Phi) is 5.26. The largest absolute Gasteiger partial charge is 0.316 e. The first-order chi connectivity index (χ1) is 9.05. The molecular formula is C14H28N2O2S. The SMILES string of the molecule is CCS(=O)(=O)CCCN1CCCC2(CCCNC2)C1. The van der Waals surface area contributed by atoms with Crippen LogP contribution in [0.2, 0.25) is 0 Å². The van der Waals surface area contributed by atoms with Gasteiger partial charge in [-0.25, -0.2) is 8.42 Å². The Morgan fingerprint density at radius 3 is 2.74 bits per heavy atom. The standard InChI is InChI=1S/C14H28N2O2S/c1-2-19(17,18)11-5-10-16-9-4-7-14(13-16)6-3-8-15-12-14/h15H,2-13H2,1H3. The molecule has 2 rings (SSSR count). The van der Waals surface area contributed by atoms with Crippen molar-refractivity contribution in [3.63, 3.8) is 0 Å². The van der Waals surface area contributed by atoms with E-state index in [1.54, 1.807) is 6.92 Å². The number of nitrogens with one attached hydrogen (secondary N) is 1. The summed E-state index contributed by atoms with van der Waals surface area (Å²) in [5.74, 6) is 0.631. The number of piperidine rings is 2. The van der Waals surface area contributed by atoms with Gasteiger partial charge in [-0.05, 0) is 57.2 Å². The van der Waals surface area contributed by atoms with Crippen LogP contribution in [0.25, 0.3) is 0 Å². The van der Waals surface area contributed by atoms with E-state index in [2.05, 4.69) is 10.2 Å². The third-order valence-electron chi connectivity index (χ3n) is 4.67. The van der Waals surface area contributed by atoms with Crippen molar-refractivity contribution in [3.05, 3.63) is 0 Å². The number of rotatable bonds is 5. The molecule has 1 unspecified atom stereocenters. The molecule has 5 heteroatoms. The summed E-state index contributed by atoms with van der Waals surface area (Å²) in [5.41, 5.74) is 0.472. The molecule has 2 heterocycles. The highest BCUT2D eigenvalue weighted by Gasteiger charge is 2.36. The van der Waals surface area contributed by atoms with Crippen LogP contribution in [-0.4, -0.2) is 57.5 Å². The Bertz CT molecular complexity index is 369. The molecular weight excluding hydrogens is 260 g/mol. The minimum atomic E-state index is -2.79. The molecule has 0 amide bonds. The number of hydrogen-bond donors (Lipinski definition) is 1. The van der Waals surface area contributed by atoms with E-state index in [1.165, 1.54) is 25.7 Å². The van der Waals surface area contributed by atoms with Gasteiger partial charge in [0, 0.05) is 18.8 Å². The van der Waals surface area contributed by atoms with Crippen molar-refractivity contribution in [2.24, 2.45) is 5.41 Å². The summed E-state index contributed by atoms with van der Waals surface area (Å²) in [6.07, 6.45) is 6.02. The summed E-state index contributed by atoms with van der Waals surface area (Å²) in [5, 5.41) is 3.53. The molecule has 112 valence electrons. The summed E-state index contributed by atoms with van der Waals surface area (Å²) < 4.78 is 23.0. The van der Waals surface area contributed by atoms with Crippen LogP contribution >= 0.6 is 0 Å². The molecule has 1 atom stereocenters. The number of likely N-dealkylation sites (tertiary alicyclic amines) is 1. The van der Waals surface area contributed by atoms with Crippen molar-refractivity contribution in [3.8, 4) is 0 Å². The molecule has 2 aliphatic heterocycles. The van der Waals surface area contributed by atoms with Crippen LogP contribution in [0, 0.1) is 5.41 Å². The van der Waals surface area contributed by atoms with Crippen LogP contribution in [0.3, 0.4) is 0 Å². The Balaban J connectivity index is 1.78. The first-order valence-electron chi connectivity index (χ1n) is 7.69. The second-order valence-electron chi connectivity index (χ2n) is 6.25. The summed E-state index contributed by atoms with van der Waals surface area (Å²) in [7, 11) is -2.79.